The second-order valence-electron chi connectivity index (χ2n) is 6.09. The molecule has 1 unspecified atom stereocenters. The number of nitrogens with one attached hydrogen (secondary N) is 2. The maximum atomic E-state index is 11.8. The molecule has 0 aliphatic carbocycles. The van der Waals surface area contributed by atoms with Crippen LogP contribution in [0, 0.1) is 5.41 Å². The minimum atomic E-state index is -0.761. The first-order valence-corrected chi connectivity index (χ1v) is 8.34. The molecule has 0 aromatic carbocycles. The maximum absolute atomic E-state index is 11.8. The summed E-state index contributed by atoms with van der Waals surface area (Å²) in [6, 6.07) is 0.286. The number of thioether (sulfide) groups is 1. The lowest BCUT2D eigenvalue weighted by Crippen LogP contribution is -2.41. The summed E-state index contributed by atoms with van der Waals surface area (Å²) >= 11 is 1.88. The summed E-state index contributed by atoms with van der Waals surface area (Å²) in [7, 11) is 0. The standard InChI is InChI=1S/C14H26N2O3S/c1-14(2,4-3-13(18)19)5-6-16-12(17)9-11-10-20-8-7-15-11/h11,15H,3-10H2,1-2H3,(H,16,17)(H,18,19). The van der Waals surface area contributed by atoms with Crippen LogP contribution in [0.1, 0.15) is 39.5 Å². The molecule has 1 saturated heterocycles. The number of carboxylic acids is 1. The molecular weight excluding hydrogens is 276 g/mol. The van der Waals surface area contributed by atoms with Crippen molar-refractivity contribution in [1.82, 2.24) is 10.6 Å². The van der Waals surface area contributed by atoms with Gasteiger partial charge in [0.25, 0.3) is 0 Å². The zero-order chi connectivity index (χ0) is 15.0. The van der Waals surface area contributed by atoms with E-state index >= 15 is 0 Å². The predicted molar refractivity (Wildman–Crippen MR) is 82.0 cm³/mol. The number of rotatable bonds is 8. The quantitative estimate of drug-likeness (QED) is 0.633. The fourth-order valence-corrected chi connectivity index (χ4v) is 3.11. The minimum absolute atomic E-state index is 0.0510. The van der Waals surface area contributed by atoms with Crippen LogP contribution in [0.25, 0.3) is 0 Å². The number of hydrogen-bond donors (Lipinski definition) is 3. The van der Waals surface area contributed by atoms with Crippen LogP contribution in [-0.4, -0.2) is 47.6 Å². The summed E-state index contributed by atoms with van der Waals surface area (Å²) in [4.78, 5) is 22.4. The minimum Gasteiger partial charge on any atom is -0.481 e. The van der Waals surface area contributed by atoms with E-state index in [0.29, 0.717) is 19.4 Å². The third-order valence-electron chi connectivity index (χ3n) is 3.57. The summed E-state index contributed by atoms with van der Waals surface area (Å²) in [6.07, 6.45) is 2.16. The number of amides is 1. The van der Waals surface area contributed by atoms with E-state index in [4.69, 9.17) is 5.11 Å². The molecule has 0 spiro atoms. The molecule has 116 valence electrons. The molecule has 0 bridgehead atoms. The average Bonchev–Trinajstić information content (AvgIpc) is 2.37. The molecule has 1 aliphatic rings. The number of carbonyl (C=O) groups is 2. The van der Waals surface area contributed by atoms with E-state index in [2.05, 4.69) is 10.6 Å². The fraction of sp³-hybridized carbons (Fsp3) is 0.857. The molecule has 20 heavy (non-hydrogen) atoms. The molecule has 1 aliphatic heterocycles. The first-order valence-electron chi connectivity index (χ1n) is 7.19. The van der Waals surface area contributed by atoms with Crippen LogP contribution in [0.15, 0.2) is 0 Å². The Hall–Kier alpha value is -0.750. The highest BCUT2D eigenvalue weighted by atomic mass is 32.2. The zero-order valence-electron chi connectivity index (χ0n) is 12.4. The highest BCUT2D eigenvalue weighted by Gasteiger charge is 2.20. The Morgan fingerprint density at radius 1 is 1.40 bits per heavy atom. The lowest BCUT2D eigenvalue weighted by molar-refractivity contribution is -0.137. The van der Waals surface area contributed by atoms with Gasteiger partial charge in [0, 0.05) is 43.5 Å². The van der Waals surface area contributed by atoms with E-state index in [9.17, 15) is 9.59 Å². The summed E-state index contributed by atoms with van der Waals surface area (Å²) < 4.78 is 0. The first kappa shape index (κ1) is 17.3. The Morgan fingerprint density at radius 3 is 2.75 bits per heavy atom. The first-order chi connectivity index (χ1) is 9.39. The second-order valence-corrected chi connectivity index (χ2v) is 7.24. The smallest absolute Gasteiger partial charge is 0.303 e. The van der Waals surface area contributed by atoms with E-state index < -0.39 is 5.97 Å². The van der Waals surface area contributed by atoms with Crippen LogP contribution in [-0.2, 0) is 9.59 Å². The van der Waals surface area contributed by atoms with Gasteiger partial charge < -0.3 is 15.7 Å². The third-order valence-corrected chi connectivity index (χ3v) is 4.70. The lowest BCUT2D eigenvalue weighted by atomic mass is 9.84. The Balaban J connectivity index is 2.15. The number of aliphatic carboxylic acids is 1. The summed E-state index contributed by atoms with van der Waals surface area (Å²) in [5.41, 5.74) is -0.0510. The Kier molecular flexibility index (Phi) is 7.37. The number of hydrogen-bond acceptors (Lipinski definition) is 4. The molecule has 0 aromatic heterocycles. The van der Waals surface area contributed by atoms with Gasteiger partial charge >= 0.3 is 5.97 Å². The van der Waals surface area contributed by atoms with Crippen LogP contribution in [0.3, 0.4) is 0 Å². The van der Waals surface area contributed by atoms with Crippen molar-refractivity contribution in [1.29, 1.82) is 0 Å². The van der Waals surface area contributed by atoms with Gasteiger partial charge in [-0.1, -0.05) is 13.8 Å². The van der Waals surface area contributed by atoms with Crippen molar-refractivity contribution in [2.24, 2.45) is 5.41 Å². The van der Waals surface area contributed by atoms with Gasteiger partial charge in [-0.15, -0.1) is 0 Å². The monoisotopic (exact) mass is 302 g/mol. The van der Waals surface area contributed by atoms with Crippen LogP contribution in [0.5, 0.6) is 0 Å². The molecule has 0 radical (unpaired) electrons. The van der Waals surface area contributed by atoms with Gasteiger partial charge in [-0.05, 0) is 18.3 Å². The van der Waals surface area contributed by atoms with Gasteiger partial charge in [0.2, 0.25) is 5.91 Å². The van der Waals surface area contributed by atoms with E-state index in [1.165, 1.54) is 0 Å². The molecule has 1 heterocycles. The molecular formula is C14H26N2O3S. The van der Waals surface area contributed by atoms with Gasteiger partial charge in [0.05, 0.1) is 0 Å². The molecule has 1 atom stereocenters. The van der Waals surface area contributed by atoms with Crippen molar-refractivity contribution in [2.75, 3.05) is 24.6 Å². The van der Waals surface area contributed by atoms with Crippen LogP contribution in [0.4, 0.5) is 0 Å². The molecule has 3 N–H and O–H groups in total. The molecule has 0 aromatic rings. The van der Waals surface area contributed by atoms with E-state index in [1.807, 2.05) is 25.6 Å². The van der Waals surface area contributed by atoms with Crippen molar-refractivity contribution >= 4 is 23.6 Å². The van der Waals surface area contributed by atoms with Crippen LogP contribution < -0.4 is 10.6 Å². The normalized spacial score (nSPS) is 19.6. The Labute approximate surface area is 125 Å². The van der Waals surface area contributed by atoms with Crippen molar-refractivity contribution in [3.63, 3.8) is 0 Å². The van der Waals surface area contributed by atoms with Gasteiger partial charge in [-0.2, -0.15) is 11.8 Å². The highest BCUT2D eigenvalue weighted by Crippen LogP contribution is 2.26. The molecule has 1 rings (SSSR count). The molecule has 1 fully saturated rings. The van der Waals surface area contributed by atoms with Gasteiger partial charge in [0.15, 0.2) is 0 Å². The summed E-state index contributed by atoms with van der Waals surface area (Å²) in [5, 5.41) is 15.0. The van der Waals surface area contributed by atoms with Crippen molar-refractivity contribution in [3.8, 4) is 0 Å². The topological polar surface area (TPSA) is 78.4 Å². The van der Waals surface area contributed by atoms with Crippen molar-refractivity contribution in [2.45, 2.75) is 45.6 Å². The molecule has 1 amide bonds. The fourth-order valence-electron chi connectivity index (χ4n) is 2.16. The lowest BCUT2D eigenvalue weighted by Gasteiger charge is -2.25. The SMILES string of the molecule is CC(C)(CCNC(=O)CC1CSCCN1)CCC(=O)O. The van der Waals surface area contributed by atoms with E-state index in [-0.39, 0.29) is 23.8 Å². The highest BCUT2D eigenvalue weighted by molar-refractivity contribution is 7.99. The van der Waals surface area contributed by atoms with Gasteiger partial charge in [-0.3, -0.25) is 9.59 Å². The van der Waals surface area contributed by atoms with Gasteiger partial charge in [0.1, 0.15) is 0 Å². The third kappa shape index (κ3) is 7.75. The maximum Gasteiger partial charge on any atom is 0.303 e. The largest absolute Gasteiger partial charge is 0.481 e. The zero-order valence-corrected chi connectivity index (χ0v) is 13.2. The van der Waals surface area contributed by atoms with E-state index in [0.717, 1.165) is 24.5 Å². The molecule has 5 nitrogen and oxygen atoms in total. The predicted octanol–water partition coefficient (Wildman–Crippen LogP) is 1.48. The number of carbonyl (C=O) groups excluding carboxylic acids is 1. The Bertz CT molecular complexity index is 328. The summed E-state index contributed by atoms with van der Waals surface area (Å²) in [5.74, 6) is 1.44. The number of carboxylic acid groups (broad SMARTS) is 1. The Morgan fingerprint density at radius 2 is 2.15 bits per heavy atom. The van der Waals surface area contributed by atoms with Crippen LogP contribution >= 0.6 is 11.8 Å². The van der Waals surface area contributed by atoms with Crippen molar-refractivity contribution in [3.05, 3.63) is 0 Å². The van der Waals surface area contributed by atoms with Gasteiger partial charge in [-0.25, -0.2) is 0 Å². The second kappa shape index (κ2) is 8.52. The molecule has 6 heteroatoms. The van der Waals surface area contributed by atoms with Crippen molar-refractivity contribution < 1.29 is 14.7 Å². The average molecular weight is 302 g/mol. The summed E-state index contributed by atoms with van der Waals surface area (Å²) in [6.45, 7) is 5.68. The van der Waals surface area contributed by atoms with E-state index in [1.54, 1.807) is 0 Å². The molecule has 0 saturated carbocycles. The van der Waals surface area contributed by atoms with Crippen LogP contribution in [0.2, 0.25) is 0 Å².